The molecule has 0 aromatic carbocycles. The van der Waals surface area contributed by atoms with Crippen molar-refractivity contribution in [2.24, 2.45) is 61.1 Å². The van der Waals surface area contributed by atoms with E-state index in [0.717, 1.165) is 44.9 Å². The second kappa shape index (κ2) is 12.9. The van der Waals surface area contributed by atoms with Crippen LogP contribution in [0.25, 0.3) is 0 Å². The summed E-state index contributed by atoms with van der Waals surface area (Å²) >= 11 is 0. The number of rotatable bonds is 10. The smallest absolute Gasteiger partial charge is 0.312 e. The van der Waals surface area contributed by atoms with E-state index in [2.05, 4.69) is 40.7 Å². The lowest BCUT2D eigenvalue weighted by atomic mass is 9.33. The van der Waals surface area contributed by atoms with Crippen LogP contribution < -0.4 is 0 Å². The summed E-state index contributed by atoms with van der Waals surface area (Å²) in [6.07, 6.45) is 8.72. The molecular formula is C42H64O10. The Morgan fingerprint density at radius 2 is 1.33 bits per heavy atom. The molecule has 0 radical (unpaired) electrons. The molecule has 292 valence electrons. The molecule has 0 amide bonds. The minimum atomic E-state index is -1.27. The fourth-order valence-corrected chi connectivity index (χ4v) is 12.4. The minimum absolute atomic E-state index is 0.000977. The summed E-state index contributed by atoms with van der Waals surface area (Å²) < 4.78 is 12.3. The van der Waals surface area contributed by atoms with Crippen molar-refractivity contribution in [1.29, 1.82) is 0 Å². The average molecular weight is 729 g/mol. The third-order valence-corrected chi connectivity index (χ3v) is 15.9. The van der Waals surface area contributed by atoms with E-state index in [1.807, 2.05) is 6.92 Å². The van der Waals surface area contributed by atoms with Crippen LogP contribution in [0, 0.1) is 61.1 Å². The molecule has 5 rings (SSSR count). The molecule has 3 N–H and O–H groups in total. The van der Waals surface area contributed by atoms with Crippen LogP contribution in [0.5, 0.6) is 0 Å². The second-order valence-electron chi connectivity index (χ2n) is 20.6. The molecule has 10 heteroatoms. The Kier molecular flexibility index (Phi) is 9.96. The van der Waals surface area contributed by atoms with Crippen LogP contribution >= 0.6 is 0 Å². The number of esters is 2. The van der Waals surface area contributed by atoms with Gasteiger partial charge in [-0.15, -0.1) is 0 Å². The Bertz CT molecular complexity index is 1540. The van der Waals surface area contributed by atoms with Crippen molar-refractivity contribution in [3.63, 3.8) is 0 Å². The van der Waals surface area contributed by atoms with Crippen LogP contribution in [0.2, 0.25) is 0 Å². The molecule has 2 unspecified atom stereocenters. The molecule has 0 heterocycles. The van der Waals surface area contributed by atoms with E-state index in [4.69, 9.17) is 9.47 Å². The van der Waals surface area contributed by atoms with Gasteiger partial charge in [0.25, 0.3) is 0 Å². The zero-order valence-corrected chi connectivity index (χ0v) is 33.3. The predicted molar refractivity (Wildman–Crippen MR) is 194 cm³/mol. The molecular weight excluding hydrogens is 664 g/mol. The van der Waals surface area contributed by atoms with Crippen molar-refractivity contribution in [2.45, 2.75) is 152 Å². The zero-order valence-electron chi connectivity index (χ0n) is 33.3. The summed E-state index contributed by atoms with van der Waals surface area (Å²) in [6, 6.07) is 0. The quantitative estimate of drug-likeness (QED) is 0.147. The predicted octanol–water partition coefficient (Wildman–Crippen LogP) is 8.31. The van der Waals surface area contributed by atoms with Crippen LogP contribution in [-0.2, 0) is 33.4 Å². The average Bonchev–Trinajstić information content (AvgIpc) is 3.00. The lowest BCUT2D eigenvalue weighted by Crippen LogP contribution is -2.66. The van der Waals surface area contributed by atoms with Gasteiger partial charge in [-0.1, -0.05) is 53.2 Å². The van der Waals surface area contributed by atoms with Crippen LogP contribution in [0.4, 0.5) is 0 Å². The van der Waals surface area contributed by atoms with Gasteiger partial charge < -0.3 is 24.8 Å². The van der Waals surface area contributed by atoms with Gasteiger partial charge in [0.15, 0.2) is 0 Å². The van der Waals surface area contributed by atoms with Crippen LogP contribution in [0.15, 0.2) is 11.6 Å². The Labute approximate surface area is 309 Å². The number of carboxylic acids is 3. The van der Waals surface area contributed by atoms with Gasteiger partial charge in [-0.05, 0) is 131 Å². The highest BCUT2D eigenvalue weighted by atomic mass is 16.6. The lowest BCUT2D eigenvalue weighted by molar-refractivity contribution is -0.231. The molecule has 0 aliphatic heterocycles. The number of hydrogen-bond donors (Lipinski definition) is 3. The van der Waals surface area contributed by atoms with E-state index in [1.54, 1.807) is 27.7 Å². The lowest BCUT2D eigenvalue weighted by Gasteiger charge is -2.71. The Morgan fingerprint density at radius 3 is 1.90 bits per heavy atom. The second-order valence-corrected chi connectivity index (χ2v) is 20.6. The van der Waals surface area contributed by atoms with Crippen molar-refractivity contribution in [3.8, 4) is 0 Å². The van der Waals surface area contributed by atoms with Gasteiger partial charge in [-0.25, -0.2) is 0 Å². The highest BCUT2D eigenvalue weighted by molar-refractivity contribution is 5.83. The number of aliphatic carboxylic acids is 3. The molecule has 5 aliphatic rings. The highest BCUT2D eigenvalue weighted by Crippen LogP contribution is 2.76. The van der Waals surface area contributed by atoms with Crippen molar-refractivity contribution in [1.82, 2.24) is 0 Å². The van der Waals surface area contributed by atoms with Crippen LogP contribution in [0.3, 0.4) is 0 Å². The number of fused-ring (bicyclic) bond motifs is 7. The van der Waals surface area contributed by atoms with Crippen LogP contribution in [-0.4, -0.2) is 57.9 Å². The van der Waals surface area contributed by atoms with Crippen molar-refractivity contribution in [2.75, 3.05) is 6.61 Å². The molecule has 4 fully saturated rings. The van der Waals surface area contributed by atoms with E-state index in [9.17, 15) is 39.3 Å². The number of carbonyl (C=O) groups excluding carboxylic acids is 2. The van der Waals surface area contributed by atoms with Gasteiger partial charge in [-0.3, -0.25) is 24.0 Å². The van der Waals surface area contributed by atoms with Gasteiger partial charge in [0.05, 0.1) is 29.1 Å². The number of carboxylic acid groups (broad SMARTS) is 3. The van der Waals surface area contributed by atoms with Gasteiger partial charge in [0, 0.05) is 5.41 Å². The maximum absolute atomic E-state index is 13.6. The molecule has 5 aliphatic carbocycles. The summed E-state index contributed by atoms with van der Waals surface area (Å²) in [5.41, 5.74) is -3.23. The molecule has 0 bridgehead atoms. The zero-order chi connectivity index (χ0) is 39.1. The maximum Gasteiger partial charge on any atom is 0.312 e. The topological polar surface area (TPSA) is 164 Å². The molecule has 0 aromatic heterocycles. The summed E-state index contributed by atoms with van der Waals surface area (Å²) in [6.45, 7) is 19.9. The first-order chi connectivity index (χ1) is 23.7. The van der Waals surface area contributed by atoms with E-state index in [1.165, 1.54) is 5.57 Å². The molecule has 4 saturated carbocycles. The van der Waals surface area contributed by atoms with E-state index >= 15 is 0 Å². The van der Waals surface area contributed by atoms with Gasteiger partial charge >= 0.3 is 29.8 Å². The Hall–Kier alpha value is -2.91. The summed E-state index contributed by atoms with van der Waals surface area (Å²) in [5.74, 6) is -3.88. The molecule has 10 nitrogen and oxygen atoms in total. The Morgan fingerprint density at radius 1 is 0.750 bits per heavy atom. The largest absolute Gasteiger partial charge is 0.481 e. The highest BCUT2D eigenvalue weighted by Gasteiger charge is 2.70. The van der Waals surface area contributed by atoms with Crippen molar-refractivity contribution < 1.29 is 48.8 Å². The van der Waals surface area contributed by atoms with E-state index in [-0.39, 0.29) is 58.9 Å². The number of hydrogen-bond acceptors (Lipinski definition) is 7. The van der Waals surface area contributed by atoms with Crippen molar-refractivity contribution >= 4 is 29.8 Å². The van der Waals surface area contributed by atoms with Gasteiger partial charge in [0.2, 0.25) is 0 Å². The summed E-state index contributed by atoms with van der Waals surface area (Å²) in [5, 5.41) is 29.7. The summed E-state index contributed by atoms with van der Waals surface area (Å²) in [7, 11) is 0. The molecule has 0 spiro atoms. The standard InChI is InChI=1S/C42H64O10/c1-35(2)17-19-42(32(47)48)20-18-40(9)25(26(42)21-35)11-12-28-38(7)15-14-29(52-34(50)37(5,6)23-31(45)46)39(8,27(38)13-16-41(28,40)10)24-51-33(49)36(3,4)22-30(43)44/h11,26-29H,12-24H2,1-10H3,(H,43,44)(H,45,46)(H,47,48)/t26-,27?,28?,29-,38-,39-,40+,41+,42-/m0/s1. The summed E-state index contributed by atoms with van der Waals surface area (Å²) in [4.78, 5) is 63.3. The minimum Gasteiger partial charge on any atom is -0.481 e. The third kappa shape index (κ3) is 6.29. The molecule has 0 saturated heterocycles. The first kappa shape index (κ1) is 40.3. The molecule has 0 aromatic rings. The number of allylic oxidation sites excluding steroid dienone is 2. The third-order valence-electron chi connectivity index (χ3n) is 15.9. The number of carbonyl (C=O) groups is 5. The van der Waals surface area contributed by atoms with Gasteiger partial charge in [0.1, 0.15) is 12.7 Å². The Balaban J connectivity index is 1.53. The monoisotopic (exact) mass is 728 g/mol. The SMILES string of the molecule is CC1(C)CC[C@]2(C(=O)O)CC[C@]3(C)C(=CCC4[C@@]5(C)CC[C@H](OC(=O)C(C)(C)CC(=O)O)[C@@](C)(COC(=O)C(C)(C)CC(=O)O)C5CC[C@]43C)[C@@H]2C1. The van der Waals surface area contributed by atoms with E-state index < -0.39 is 57.6 Å². The fraction of sp³-hybridized carbons (Fsp3) is 0.833. The van der Waals surface area contributed by atoms with Crippen molar-refractivity contribution in [3.05, 3.63) is 11.6 Å². The van der Waals surface area contributed by atoms with E-state index in [0.29, 0.717) is 19.3 Å². The molecule has 52 heavy (non-hydrogen) atoms. The first-order valence-electron chi connectivity index (χ1n) is 19.5. The maximum atomic E-state index is 13.6. The normalized spacial score (nSPS) is 39.7. The van der Waals surface area contributed by atoms with Gasteiger partial charge in [-0.2, -0.15) is 0 Å². The molecule has 9 atom stereocenters. The van der Waals surface area contributed by atoms with Crippen LogP contribution in [0.1, 0.15) is 146 Å². The first-order valence-corrected chi connectivity index (χ1v) is 19.5. The number of ether oxygens (including phenoxy) is 2. The fourth-order valence-electron chi connectivity index (χ4n) is 12.4.